The Labute approximate surface area is 117 Å². The molecule has 0 aromatic heterocycles. The lowest BCUT2D eigenvalue weighted by atomic mass is 9.57. The average Bonchev–Trinajstić information content (AvgIpc) is 2.92. The summed E-state index contributed by atoms with van der Waals surface area (Å²) < 4.78 is 0. The van der Waals surface area contributed by atoms with Crippen LogP contribution in [0.1, 0.15) is 57.8 Å². The molecule has 0 bridgehead atoms. The molecule has 2 aliphatic carbocycles. The van der Waals surface area contributed by atoms with Crippen molar-refractivity contribution in [1.29, 1.82) is 0 Å². The van der Waals surface area contributed by atoms with E-state index in [2.05, 4.69) is 10.2 Å². The topological polar surface area (TPSA) is 35.5 Å². The summed E-state index contributed by atoms with van der Waals surface area (Å²) in [4.78, 5) is 2.62. The molecule has 1 heterocycles. The van der Waals surface area contributed by atoms with Crippen molar-refractivity contribution in [2.75, 3.05) is 26.2 Å². The molecule has 2 unspecified atom stereocenters. The molecule has 110 valence electrons. The Balaban J connectivity index is 1.61. The fourth-order valence-electron chi connectivity index (χ4n) is 4.79. The summed E-state index contributed by atoms with van der Waals surface area (Å²) in [5.41, 5.74) is 0.631. The Kier molecular flexibility index (Phi) is 4.45. The number of hydrogen-bond donors (Lipinski definition) is 2. The first-order valence-electron chi connectivity index (χ1n) is 8.42. The Morgan fingerprint density at radius 1 is 1.05 bits per heavy atom. The molecule has 1 spiro atoms. The van der Waals surface area contributed by atoms with E-state index in [9.17, 15) is 5.11 Å². The molecule has 0 radical (unpaired) electrons. The first-order chi connectivity index (χ1) is 9.34. The van der Waals surface area contributed by atoms with Crippen LogP contribution in [0.2, 0.25) is 0 Å². The second-order valence-electron chi connectivity index (χ2n) is 6.99. The fourth-order valence-corrected chi connectivity index (χ4v) is 4.79. The zero-order valence-electron chi connectivity index (χ0n) is 12.2. The number of nitrogens with one attached hydrogen (secondary N) is 1. The number of nitrogens with zero attached hydrogens (tertiary/aromatic N) is 1. The van der Waals surface area contributed by atoms with Gasteiger partial charge in [-0.1, -0.05) is 19.3 Å². The molecular formula is C16H30N2O. The largest absolute Gasteiger partial charge is 0.395 e. The van der Waals surface area contributed by atoms with Gasteiger partial charge in [-0.15, -0.1) is 0 Å². The first kappa shape index (κ1) is 13.8. The lowest BCUT2D eigenvalue weighted by molar-refractivity contribution is -0.0598. The van der Waals surface area contributed by atoms with E-state index in [1.54, 1.807) is 0 Å². The quantitative estimate of drug-likeness (QED) is 0.800. The molecule has 1 aliphatic heterocycles. The average molecular weight is 266 g/mol. The van der Waals surface area contributed by atoms with Gasteiger partial charge in [0.15, 0.2) is 0 Å². The minimum Gasteiger partial charge on any atom is -0.395 e. The van der Waals surface area contributed by atoms with Crippen molar-refractivity contribution in [3.63, 3.8) is 0 Å². The van der Waals surface area contributed by atoms with Crippen molar-refractivity contribution in [2.45, 2.75) is 69.9 Å². The molecule has 3 heteroatoms. The first-order valence-corrected chi connectivity index (χ1v) is 8.42. The molecule has 0 aromatic rings. The van der Waals surface area contributed by atoms with Crippen LogP contribution < -0.4 is 5.32 Å². The molecule has 2 saturated carbocycles. The Bertz CT molecular complexity index is 282. The Morgan fingerprint density at radius 3 is 2.47 bits per heavy atom. The van der Waals surface area contributed by atoms with E-state index in [1.165, 1.54) is 64.3 Å². The highest BCUT2D eigenvalue weighted by molar-refractivity contribution is 5.03. The van der Waals surface area contributed by atoms with E-state index in [4.69, 9.17) is 0 Å². The van der Waals surface area contributed by atoms with E-state index >= 15 is 0 Å². The smallest absolute Gasteiger partial charge is 0.0558 e. The van der Waals surface area contributed by atoms with Gasteiger partial charge in [0.1, 0.15) is 0 Å². The van der Waals surface area contributed by atoms with Crippen molar-refractivity contribution in [3.8, 4) is 0 Å². The van der Waals surface area contributed by atoms with Crippen LogP contribution in [0.5, 0.6) is 0 Å². The fraction of sp³-hybridized carbons (Fsp3) is 1.00. The summed E-state index contributed by atoms with van der Waals surface area (Å²) in [6, 6.07) is 1.44. The summed E-state index contributed by atoms with van der Waals surface area (Å²) >= 11 is 0. The molecule has 2 N–H and O–H groups in total. The van der Waals surface area contributed by atoms with Gasteiger partial charge in [0.05, 0.1) is 6.61 Å². The highest BCUT2D eigenvalue weighted by Gasteiger charge is 2.49. The van der Waals surface area contributed by atoms with Crippen LogP contribution >= 0.6 is 0 Å². The monoisotopic (exact) mass is 266 g/mol. The highest BCUT2D eigenvalue weighted by Crippen LogP contribution is 2.53. The number of aliphatic hydroxyl groups is 1. The van der Waals surface area contributed by atoms with E-state index in [0.717, 1.165) is 19.1 Å². The molecule has 0 amide bonds. The van der Waals surface area contributed by atoms with Gasteiger partial charge in [0.25, 0.3) is 0 Å². The predicted molar refractivity (Wildman–Crippen MR) is 78.2 cm³/mol. The number of aliphatic hydroxyl groups excluding tert-OH is 1. The summed E-state index contributed by atoms with van der Waals surface area (Å²) in [5, 5.41) is 13.0. The molecule has 3 rings (SSSR count). The molecule has 3 aliphatic rings. The minimum absolute atomic E-state index is 0.319. The molecule has 2 atom stereocenters. The van der Waals surface area contributed by atoms with Crippen LogP contribution in [-0.2, 0) is 0 Å². The molecule has 0 aromatic carbocycles. The lowest BCUT2D eigenvalue weighted by Gasteiger charge is -2.56. The number of rotatable bonds is 5. The zero-order valence-corrected chi connectivity index (χ0v) is 12.2. The van der Waals surface area contributed by atoms with Gasteiger partial charge in [0, 0.05) is 25.2 Å². The second-order valence-corrected chi connectivity index (χ2v) is 6.99. The van der Waals surface area contributed by atoms with Crippen molar-refractivity contribution in [1.82, 2.24) is 10.2 Å². The van der Waals surface area contributed by atoms with E-state index in [0.29, 0.717) is 18.1 Å². The lowest BCUT2D eigenvalue weighted by Crippen LogP contribution is -2.58. The Hall–Kier alpha value is -0.120. The maximum atomic E-state index is 9.40. The molecular weight excluding hydrogens is 236 g/mol. The summed E-state index contributed by atoms with van der Waals surface area (Å²) in [7, 11) is 0. The molecule has 3 nitrogen and oxygen atoms in total. The van der Waals surface area contributed by atoms with E-state index in [1.807, 2.05) is 0 Å². The van der Waals surface area contributed by atoms with E-state index < -0.39 is 0 Å². The molecule has 3 fully saturated rings. The second kappa shape index (κ2) is 6.11. The van der Waals surface area contributed by atoms with Gasteiger partial charge in [-0.3, -0.25) is 4.90 Å². The third-order valence-electron chi connectivity index (χ3n) is 5.92. The van der Waals surface area contributed by atoms with Gasteiger partial charge in [-0.05, 0) is 50.5 Å². The zero-order chi connectivity index (χ0) is 13.1. The highest BCUT2D eigenvalue weighted by atomic mass is 16.3. The SMILES string of the molecule is OCCN(CC1CCCN1)C1CCC12CCCCC2. The molecule has 1 saturated heterocycles. The van der Waals surface area contributed by atoms with Gasteiger partial charge in [-0.25, -0.2) is 0 Å². The van der Waals surface area contributed by atoms with Gasteiger partial charge >= 0.3 is 0 Å². The van der Waals surface area contributed by atoms with Gasteiger partial charge < -0.3 is 10.4 Å². The van der Waals surface area contributed by atoms with Crippen LogP contribution in [0.15, 0.2) is 0 Å². The van der Waals surface area contributed by atoms with Crippen LogP contribution in [-0.4, -0.2) is 48.3 Å². The maximum absolute atomic E-state index is 9.40. The van der Waals surface area contributed by atoms with Crippen molar-refractivity contribution >= 4 is 0 Å². The number of hydrogen-bond acceptors (Lipinski definition) is 3. The summed E-state index contributed by atoms with van der Waals surface area (Å²) in [5.74, 6) is 0. The third-order valence-corrected chi connectivity index (χ3v) is 5.92. The van der Waals surface area contributed by atoms with Crippen molar-refractivity contribution in [3.05, 3.63) is 0 Å². The van der Waals surface area contributed by atoms with Crippen molar-refractivity contribution in [2.24, 2.45) is 5.41 Å². The van der Waals surface area contributed by atoms with Crippen LogP contribution in [0.25, 0.3) is 0 Å². The summed E-state index contributed by atoms with van der Waals surface area (Å²) in [6.07, 6.45) is 12.7. The van der Waals surface area contributed by atoms with Crippen LogP contribution in [0.3, 0.4) is 0 Å². The normalized spacial score (nSPS) is 33.8. The van der Waals surface area contributed by atoms with Crippen molar-refractivity contribution < 1.29 is 5.11 Å². The third kappa shape index (κ3) is 2.84. The summed E-state index contributed by atoms with van der Waals surface area (Å²) in [6.45, 7) is 3.55. The standard InChI is InChI=1S/C16H30N2O/c19-12-11-18(13-14-5-4-10-17-14)15-6-9-16(15)7-2-1-3-8-16/h14-15,17,19H,1-13H2. The maximum Gasteiger partial charge on any atom is 0.0558 e. The van der Waals surface area contributed by atoms with E-state index in [-0.39, 0.29) is 0 Å². The predicted octanol–water partition coefficient (Wildman–Crippen LogP) is 2.15. The van der Waals surface area contributed by atoms with Crippen LogP contribution in [0.4, 0.5) is 0 Å². The minimum atomic E-state index is 0.319. The van der Waals surface area contributed by atoms with Gasteiger partial charge in [0.2, 0.25) is 0 Å². The Morgan fingerprint density at radius 2 is 1.89 bits per heavy atom. The van der Waals surface area contributed by atoms with Crippen LogP contribution in [0, 0.1) is 5.41 Å². The molecule has 19 heavy (non-hydrogen) atoms. The van der Waals surface area contributed by atoms with Gasteiger partial charge in [-0.2, -0.15) is 0 Å².